The molecule has 1 aliphatic carbocycles. The van der Waals surface area contributed by atoms with E-state index in [1.807, 2.05) is 0 Å². The minimum absolute atomic E-state index is 0.0446. The first kappa shape index (κ1) is 26.7. The van der Waals surface area contributed by atoms with Gasteiger partial charge in [0.1, 0.15) is 24.0 Å². The quantitative estimate of drug-likeness (QED) is 0.218. The van der Waals surface area contributed by atoms with Gasteiger partial charge in [0, 0.05) is 7.05 Å². The van der Waals surface area contributed by atoms with Gasteiger partial charge in [-0.1, -0.05) is 18.2 Å². The number of benzene rings is 1. The molecule has 1 saturated carbocycles. The lowest BCUT2D eigenvalue weighted by molar-refractivity contribution is -0.142. The van der Waals surface area contributed by atoms with E-state index in [-0.39, 0.29) is 11.6 Å². The number of hydrogen-bond donors (Lipinski definition) is 4. The number of rotatable bonds is 9. The number of methoxy groups -OCH3 is 1. The van der Waals surface area contributed by atoms with Crippen molar-refractivity contribution in [2.75, 3.05) is 25.2 Å². The molecule has 5 rings (SSSR count). The van der Waals surface area contributed by atoms with Crippen LogP contribution >= 0.6 is 6.64 Å². The highest BCUT2D eigenvalue weighted by molar-refractivity contribution is 8.09. The molecule has 7 atom stereocenters. The van der Waals surface area contributed by atoms with Gasteiger partial charge >= 0.3 is 12.6 Å². The number of nitrogens with two attached hydrogens (primary N) is 1. The molecule has 3 heterocycles. The Bertz CT molecular complexity index is 1430. The molecule has 0 bridgehead atoms. The summed E-state index contributed by atoms with van der Waals surface area (Å²) in [5, 5.41) is 17.2. The number of ether oxygens (including phenoxy) is 2. The van der Waals surface area contributed by atoms with Crippen LogP contribution in [0.15, 0.2) is 36.7 Å². The monoisotopic (exact) mass is 567 g/mol. The van der Waals surface area contributed by atoms with Gasteiger partial charge in [-0.25, -0.2) is 14.5 Å². The van der Waals surface area contributed by atoms with Gasteiger partial charge in [0.05, 0.1) is 13.4 Å². The zero-order valence-corrected chi connectivity index (χ0v) is 22.6. The second-order valence-electron chi connectivity index (χ2n) is 9.12. The summed E-state index contributed by atoms with van der Waals surface area (Å²) in [6, 6.07) is 7.65. The summed E-state index contributed by atoms with van der Waals surface area (Å²) in [4.78, 5) is 24.6. The van der Waals surface area contributed by atoms with E-state index in [1.54, 1.807) is 37.4 Å². The zero-order valence-electron chi connectivity index (χ0n) is 20.9. The molecule has 2 unspecified atom stereocenters. The molecular formula is C22H27FN7O6PS. The summed E-state index contributed by atoms with van der Waals surface area (Å²) in [6.45, 7) is -0.815. The van der Waals surface area contributed by atoms with Crippen molar-refractivity contribution < 1.29 is 32.8 Å². The van der Waals surface area contributed by atoms with E-state index in [0.29, 0.717) is 17.1 Å². The molecule has 16 heteroatoms. The first-order valence-corrected chi connectivity index (χ1v) is 14.2. The molecule has 2 aliphatic rings. The number of nitrogens with zero attached hydrogens (tertiary/aromatic N) is 4. The van der Waals surface area contributed by atoms with Crippen molar-refractivity contribution >= 4 is 47.3 Å². The van der Waals surface area contributed by atoms with E-state index in [9.17, 15) is 9.90 Å². The van der Waals surface area contributed by atoms with Gasteiger partial charge in [0.25, 0.3) is 0 Å². The molecular weight excluding hydrogens is 540 g/mol. The first-order valence-electron chi connectivity index (χ1n) is 11.6. The van der Waals surface area contributed by atoms with Crippen molar-refractivity contribution in [1.82, 2.24) is 24.6 Å². The Hall–Kier alpha value is -2.94. The third-order valence-corrected chi connectivity index (χ3v) is 9.07. The van der Waals surface area contributed by atoms with Gasteiger partial charge in [0.2, 0.25) is 5.95 Å². The normalized spacial score (nSPS) is 30.3. The minimum atomic E-state index is -3.54. The average Bonchev–Trinajstić information content (AvgIpc) is 3.13. The predicted octanol–water partition coefficient (Wildman–Crippen LogP) is 1.66. The largest absolute Gasteiger partial charge is 0.468 e. The molecule has 0 spiro atoms. The standard InChI is InChI=1S/C22H27FN7O6PS/c1-11(18(31)33-4)29-37(38,35-12-8-6-5-7-9-12)36-15-14-22(15,32)21(2,23)19(34-14)30-10-26-13-16(25-3)27-20(24)28-17(13)30/h5-11,14-15,19,32H,1-4H3,(H,29,38)(H3,24,25,27,28)/t11-,14+,15?,19+,21-,22-,37?/m0/s1. The number of nitrogen functional groups attached to an aromatic ring is 1. The molecule has 1 saturated heterocycles. The molecule has 0 amide bonds. The summed E-state index contributed by atoms with van der Waals surface area (Å²) in [6.07, 6.45) is -2.26. The van der Waals surface area contributed by atoms with Crippen molar-refractivity contribution in [2.45, 2.75) is 49.6 Å². The number of fused-ring (bicyclic) bond motifs is 2. The molecule has 204 valence electrons. The number of carbonyl (C=O) groups excluding carboxylic acids is 1. The van der Waals surface area contributed by atoms with Crippen LogP contribution in [0.4, 0.5) is 16.2 Å². The van der Waals surface area contributed by atoms with E-state index >= 15 is 4.39 Å². The molecule has 1 aliphatic heterocycles. The fraction of sp³-hybridized carbons (Fsp3) is 0.455. The summed E-state index contributed by atoms with van der Waals surface area (Å²) in [7, 11) is 2.87. The highest BCUT2D eigenvalue weighted by Gasteiger charge is 2.85. The predicted molar refractivity (Wildman–Crippen MR) is 138 cm³/mol. The Morgan fingerprint density at radius 3 is 2.68 bits per heavy atom. The maximum Gasteiger partial charge on any atom is 0.323 e. The Morgan fingerprint density at radius 1 is 1.37 bits per heavy atom. The van der Waals surface area contributed by atoms with Crippen molar-refractivity contribution in [1.29, 1.82) is 0 Å². The lowest BCUT2D eigenvalue weighted by atomic mass is 9.97. The lowest BCUT2D eigenvalue weighted by Crippen LogP contribution is -2.45. The Balaban J connectivity index is 1.42. The van der Waals surface area contributed by atoms with Crippen molar-refractivity contribution in [3.05, 3.63) is 36.7 Å². The van der Waals surface area contributed by atoms with Crippen LogP contribution in [0.3, 0.4) is 0 Å². The first-order chi connectivity index (χ1) is 17.9. The number of aromatic nitrogens is 4. The summed E-state index contributed by atoms with van der Waals surface area (Å²) >= 11 is 5.67. The van der Waals surface area contributed by atoms with Crippen molar-refractivity contribution in [2.24, 2.45) is 0 Å². The number of para-hydroxylation sites is 1. The van der Waals surface area contributed by atoms with E-state index < -0.39 is 48.4 Å². The fourth-order valence-electron chi connectivity index (χ4n) is 4.57. The number of halogens is 1. The SMILES string of the molecule is CNc1nc(N)nc2c1ncn2[C@@H]1O[C@@H]2C(OP(=S)(N[C@@H](C)C(=O)OC)Oc3ccccc3)[C@]2(O)[C@@]1(C)F. The van der Waals surface area contributed by atoms with Crippen LogP contribution in [0, 0.1) is 0 Å². The molecule has 38 heavy (non-hydrogen) atoms. The van der Waals surface area contributed by atoms with Gasteiger partial charge in [0.15, 0.2) is 34.5 Å². The Morgan fingerprint density at radius 2 is 2.08 bits per heavy atom. The molecule has 2 aromatic heterocycles. The van der Waals surface area contributed by atoms with Gasteiger partial charge in [-0.3, -0.25) is 13.9 Å². The van der Waals surface area contributed by atoms with Gasteiger partial charge in [-0.05, 0) is 37.8 Å². The minimum Gasteiger partial charge on any atom is -0.468 e. The number of hydrogen-bond acceptors (Lipinski definition) is 12. The number of nitrogens with one attached hydrogen (secondary N) is 2. The maximum atomic E-state index is 16.4. The highest BCUT2D eigenvalue weighted by Crippen LogP contribution is 2.66. The van der Waals surface area contributed by atoms with Gasteiger partial charge < -0.3 is 30.2 Å². The lowest BCUT2D eigenvalue weighted by Gasteiger charge is -2.32. The summed E-state index contributed by atoms with van der Waals surface area (Å²) in [5.41, 5.74) is 1.93. The topological polar surface area (TPSA) is 168 Å². The molecule has 2 fully saturated rings. The second-order valence-corrected chi connectivity index (χ2v) is 12.2. The van der Waals surface area contributed by atoms with Crippen LogP contribution in [0.5, 0.6) is 5.75 Å². The number of alkyl halides is 1. The van der Waals surface area contributed by atoms with Crippen molar-refractivity contribution in [3.63, 3.8) is 0 Å². The van der Waals surface area contributed by atoms with Gasteiger partial charge in [-0.2, -0.15) is 9.97 Å². The number of anilines is 2. The molecule has 0 radical (unpaired) electrons. The van der Waals surface area contributed by atoms with E-state index in [4.69, 9.17) is 36.1 Å². The van der Waals surface area contributed by atoms with E-state index in [1.165, 1.54) is 31.9 Å². The number of esters is 1. The van der Waals surface area contributed by atoms with Crippen LogP contribution in [0.2, 0.25) is 0 Å². The fourth-order valence-corrected chi connectivity index (χ4v) is 7.28. The van der Waals surface area contributed by atoms with Crippen LogP contribution in [-0.2, 0) is 30.6 Å². The molecule has 1 aromatic carbocycles. The zero-order chi connectivity index (χ0) is 27.5. The van der Waals surface area contributed by atoms with E-state index in [0.717, 1.165) is 0 Å². The molecule has 13 nitrogen and oxygen atoms in total. The second kappa shape index (κ2) is 9.36. The maximum absolute atomic E-state index is 16.4. The van der Waals surface area contributed by atoms with Gasteiger partial charge in [-0.15, -0.1) is 0 Å². The molecule has 3 aromatic rings. The average molecular weight is 568 g/mol. The van der Waals surface area contributed by atoms with E-state index in [2.05, 4.69) is 25.4 Å². The summed E-state index contributed by atoms with van der Waals surface area (Å²) in [5.74, 6) is 0.0775. The number of carbonyl (C=O) groups is 1. The number of aliphatic hydroxyl groups is 1. The van der Waals surface area contributed by atoms with Crippen LogP contribution < -0.4 is 20.7 Å². The van der Waals surface area contributed by atoms with Crippen molar-refractivity contribution in [3.8, 4) is 5.75 Å². The smallest absolute Gasteiger partial charge is 0.323 e. The summed E-state index contributed by atoms with van der Waals surface area (Å²) < 4.78 is 40.4. The number of imidazole rings is 1. The third kappa shape index (κ3) is 4.19. The Labute approximate surface area is 222 Å². The highest BCUT2D eigenvalue weighted by atomic mass is 32.5. The van der Waals surface area contributed by atoms with Crippen LogP contribution in [0.25, 0.3) is 11.2 Å². The van der Waals surface area contributed by atoms with Crippen LogP contribution in [0.1, 0.15) is 20.1 Å². The molecule has 5 N–H and O–H groups in total. The third-order valence-electron chi connectivity index (χ3n) is 6.61. The Kier molecular flexibility index (Phi) is 6.57. The van der Waals surface area contributed by atoms with Crippen LogP contribution in [-0.4, -0.2) is 74.3 Å².